The van der Waals surface area contributed by atoms with E-state index in [9.17, 15) is 14.4 Å². The fourth-order valence-corrected chi connectivity index (χ4v) is 4.79. The molecule has 1 fully saturated rings. The molecule has 1 aliphatic rings. The van der Waals surface area contributed by atoms with E-state index in [1.807, 2.05) is 18.2 Å². The van der Waals surface area contributed by atoms with E-state index < -0.39 is 17.9 Å². The molecule has 0 saturated carbocycles. The minimum Gasteiger partial charge on any atom is -0.493 e. The van der Waals surface area contributed by atoms with Gasteiger partial charge in [0.2, 0.25) is 11.5 Å². The highest BCUT2D eigenvalue weighted by Crippen LogP contribution is 2.40. The average Bonchev–Trinajstić information content (AvgIpc) is 3.48. The van der Waals surface area contributed by atoms with Crippen LogP contribution in [0.4, 0.5) is 4.79 Å². The summed E-state index contributed by atoms with van der Waals surface area (Å²) in [5, 5.41) is 2.55. The van der Waals surface area contributed by atoms with Gasteiger partial charge in [-0.25, -0.2) is 9.59 Å². The van der Waals surface area contributed by atoms with Gasteiger partial charge < -0.3 is 28.7 Å². The Labute approximate surface area is 234 Å². The molecule has 0 bridgehead atoms. The Hall–Kier alpha value is -3.77. The normalized spacial score (nSPS) is 14.0. The summed E-state index contributed by atoms with van der Waals surface area (Å²) in [6.45, 7) is 0.0824. The maximum Gasteiger partial charge on any atom is 0.373 e. The minimum atomic E-state index is -0.658. The Balaban J connectivity index is 1.54. The SMILES string of the molecule is COC(=O)c1ccc(CN2C(=O)N/C(=C\c3cc(OC)c(OCc4ccc(Br)cc4Br)c(OC)c3)C2=O)o1. The number of carbonyl (C=O) groups excluding carboxylic acids is 3. The molecule has 38 heavy (non-hydrogen) atoms. The summed E-state index contributed by atoms with van der Waals surface area (Å²) in [7, 11) is 4.21. The first-order valence-corrected chi connectivity index (χ1v) is 12.7. The van der Waals surface area contributed by atoms with Crippen molar-refractivity contribution in [1.82, 2.24) is 10.2 Å². The number of esters is 1. The van der Waals surface area contributed by atoms with Gasteiger partial charge in [0.05, 0.1) is 27.9 Å². The number of furan rings is 1. The van der Waals surface area contributed by atoms with Crippen molar-refractivity contribution in [2.75, 3.05) is 21.3 Å². The highest BCUT2D eigenvalue weighted by Gasteiger charge is 2.34. The number of halogens is 2. The summed E-state index contributed by atoms with van der Waals surface area (Å²) < 4.78 is 28.9. The Morgan fingerprint density at radius 2 is 1.74 bits per heavy atom. The number of carbonyl (C=O) groups is 3. The Kier molecular flexibility index (Phi) is 8.42. The van der Waals surface area contributed by atoms with E-state index in [1.54, 1.807) is 12.1 Å². The summed E-state index contributed by atoms with van der Waals surface area (Å²) in [5.41, 5.74) is 1.50. The summed E-state index contributed by atoms with van der Waals surface area (Å²) in [4.78, 5) is 38.0. The van der Waals surface area contributed by atoms with E-state index in [1.165, 1.54) is 39.5 Å². The lowest BCUT2D eigenvalue weighted by Crippen LogP contribution is -2.30. The number of nitrogens with one attached hydrogen (secondary N) is 1. The second-order valence-electron chi connectivity index (χ2n) is 7.92. The summed E-state index contributed by atoms with van der Waals surface area (Å²) in [5.74, 6) is 0.137. The second kappa shape index (κ2) is 11.7. The van der Waals surface area contributed by atoms with E-state index in [-0.39, 0.29) is 30.4 Å². The lowest BCUT2D eigenvalue weighted by molar-refractivity contribution is -0.123. The summed E-state index contributed by atoms with van der Waals surface area (Å²) >= 11 is 6.95. The van der Waals surface area contributed by atoms with Crippen LogP contribution in [0.25, 0.3) is 6.08 Å². The molecule has 12 heteroatoms. The largest absolute Gasteiger partial charge is 0.493 e. The fraction of sp³-hybridized carbons (Fsp3) is 0.192. The van der Waals surface area contributed by atoms with Crippen molar-refractivity contribution in [2.24, 2.45) is 0 Å². The zero-order valence-corrected chi connectivity index (χ0v) is 23.7. The molecule has 2 aromatic carbocycles. The van der Waals surface area contributed by atoms with Gasteiger partial charge in [-0.15, -0.1) is 0 Å². The molecule has 0 atom stereocenters. The standard InChI is InChI=1S/C26H22Br2N2O8/c1-34-21-9-14(10-22(35-2)23(21)37-13-15-4-5-16(27)11-18(15)28)8-19-24(31)30(26(33)29-19)12-17-6-7-20(38-17)25(32)36-3/h4-11H,12-13H2,1-3H3,(H,29,33)/b19-8-. The quantitative estimate of drug-likeness (QED) is 0.189. The van der Waals surface area contributed by atoms with Crippen molar-refractivity contribution in [3.63, 3.8) is 0 Å². The second-order valence-corrected chi connectivity index (χ2v) is 9.69. The third kappa shape index (κ3) is 5.86. The number of imide groups is 1. The first kappa shape index (κ1) is 27.3. The molecule has 1 aromatic heterocycles. The van der Waals surface area contributed by atoms with E-state index in [0.29, 0.717) is 22.8 Å². The number of amides is 3. The van der Waals surface area contributed by atoms with Crippen LogP contribution in [0.3, 0.4) is 0 Å². The Morgan fingerprint density at radius 1 is 1.03 bits per heavy atom. The molecule has 0 spiro atoms. The Bertz CT molecular complexity index is 1410. The van der Waals surface area contributed by atoms with Crippen LogP contribution in [0, 0.1) is 0 Å². The van der Waals surface area contributed by atoms with Gasteiger partial charge in [0.1, 0.15) is 18.1 Å². The topological polar surface area (TPSA) is 117 Å². The van der Waals surface area contributed by atoms with Gasteiger partial charge in [0.25, 0.3) is 5.91 Å². The molecule has 1 aliphatic heterocycles. The number of hydrogen-bond donors (Lipinski definition) is 1. The molecule has 0 radical (unpaired) electrons. The van der Waals surface area contributed by atoms with Crippen LogP contribution in [-0.2, 0) is 22.7 Å². The molecule has 1 N–H and O–H groups in total. The fourth-order valence-electron chi connectivity index (χ4n) is 3.63. The zero-order chi connectivity index (χ0) is 27.4. The maximum atomic E-state index is 13.0. The number of methoxy groups -OCH3 is 3. The van der Waals surface area contributed by atoms with Crippen molar-refractivity contribution in [1.29, 1.82) is 0 Å². The minimum absolute atomic E-state index is 0.0284. The molecule has 1 saturated heterocycles. The molecule has 10 nitrogen and oxygen atoms in total. The molecule has 198 valence electrons. The van der Waals surface area contributed by atoms with Crippen molar-refractivity contribution in [3.8, 4) is 17.2 Å². The van der Waals surface area contributed by atoms with Gasteiger partial charge in [-0.3, -0.25) is 9.69 Å². The van der Waals surface area contributed by atoms with Gasteiger partial charge >= 0.3 is 12.0 Å². The molecular weight excluding hydrogens is 628 g/mol. The first-order valence-electron chi connectivity index (χ1n) is 11.1. The number of benzene rings is 2. The highest BCUT2D eigenvalue weighted by molar-refractivity contribution is 9.11. The summed E-state index contributed by atoms with van der Waals surface area (Å²) in [6.07, 6.45) is 1.50. The van der Waals surface area contributed by atoms with Crippen molar-refractivity contribution in [2.45, 2.75) is 13.2 Å². The molecule has 3 aromatic rings. The van der Waals surface area contributed by atoms with Crippen molar-refractivity contribution in [3.05, 3.63) is 79.8 Å². The van der Waals surface area contributed by atoms with Crippen LogP contribution in [0.15, 0.2) is 61.5 Å². The third-order valence-corrected chi connectivity index (χ3v) is 6.74. The smallest absolute Gasteiger partial charge is 0.373 e. The third-order valence-electron chi connectivity index (χ3n) is 5.51. The van der Waals surface area contributed by atoms with E-state index in [4.69, 9.17) is 18.6 Å². The molecule has 3 amide bonds. The van der Waals surface area contributed by atoms with Gasteiger partial charge in [0.15, 0.2) is 11.5 Å². The summed E-state index contributed by atoms with van der Waals surface area (Å²) in [6, 6.07) is 11.4. The van der Waals surface area contributed by atoms with Gasteiger partial charge in [-0.2, -0.15) is 0 Å². The van der Waals surface area contributed by atoms with Crippen molar-refractivity contribution >= 4 is 55.8 Å². The number of urea groups is 1. The molecule has 0 unspecified atom stereocenters. The number of hydrogen-bond acceptors (Lipinski definition) is 8. The molecule has 2 heterocycles. The molecule has 0 aliphatic carbocycles. The van der Waals surface area contributed by atoms with E-state index in [2.05, 4.69) is 41.9 Å². The predicted molar refractivity (Wildman–Crippen MR) is 143 cm³/mol. The number of rotatable bonds is 9. The monoisotopic (exact) mass is 648 g/mol. The predicted octanol–water partition coefficient (Wildman–Crippen LogP) is 5.28. The molecule has 4 rings (SSSR count). The lowest BCUT2D eigenvalue weighted by atomic mass is 10.1. The maximum absolute atomic E-state index is 13.0. The average molecular weight is 650 g/mol. The lowest BCUT2D eigenvalue weighted by Gasteiger charge is -2.16. The van der Waals surface area contributed by atoms with Crippen LogP contribution in [0.1, 0.15) is 27.4 Å². The highest BCUT2D eigenvalue weighted by atomic mass is 79.9. The van der Waals surface area contributed by atoms with Crippen LogP contribution >= 0.6 is 31.9 Å². The van der Waals surface area contributed by atoms with Crippen molar-refractivity contribution < 1.29 is 37.7 Å². The van der Waals surface area contributed by atoms with E-state index in [0.717, 1.165) is 19.4 Å². The Morgan fingerprint density at radius 3 is 2.37 bits per heavy atom. The first-order chi connectivity index (χ1) is 18.2. The van der Waals surface area contributed by atoms with Crippen LogP contribution < -0.4 is 19.5 Å². The van der Waals surface area contributed by atoms with Crippen LogP contribution in [0.2, 0.25) is 0 Å². The molecular formula is C26H22Br2N2O8. The van der Waals surface area contributed by atoms with Crippen LogP contribution in [-0.4, -0.2) is 44.1 Å². The number of ether oxygens (including phenoxy) is 4. The van der Waals surface area contributed by atoms with Gasteiger partial charge in [0, 0.05) is 14.5 Å². The number of nitrogens with zero attached hydrogens (tertiary/aromatic N) is 1. The van der Waals surface area contributed by atoms with E-state index >= 15 is 0 Å². The van der Waals surface area contributed by atoms with Gasteiger partial charge in [-0.1, -0.05) is 37.9 Å². The van der Waals surface area contributed by atoms with Crippen LogP contribution in [0.5, 0.6) is 17.2 Å². The zero-order valence-electron chi connectivity index (χ0n) is 20.5. The van der Waals surface area contributed by atoms with Gasteiger partial charge in [-0.05, 0) is 48.0 Å².